The fourth-order valence-corrected chi connectivity index (χ4v) is 1.11. The highest BCUT2D eigenvalue weighted by Gasteiger charge is 2.37. The standard InChI is InChI=1S/C9H6ClF3O/c1-5-6(3-2-4-7(5)11)8(14)9(10,12)13/h2-4H,1H3. The molecule has 1 nitrogen and oxygen atoms in total. The average Bonchev–Trinajstić information content (AvgIpc) is 2.07. The molecule has 5 heteroatoms. The van der Waals surface area contributed by atoms with Crippen LogP contribution >= 0.6 is 11.6 Å². The van der Waals surface area contributed by atoms with Gasteiger partial charge in [0.15, 0.2) is 0 Å². The SMILES string of the molecule is Cc1c(F)cccc1C(=O)C(F)(F)Cl. The van der Waals surface area contributed by atoms with Gasteiger partial charge in [-0.1, -0.05) is 12.1 Å². The topological polar surface area (TPSA) is 17.1 Å². The van der Waals surface area contributed by atoms with Crippen LogP contribution in [0.3, 0.4) is 0 Å². The highest BCUT2D eigenvalue weighted by Crippen LogP contribution is 2.26. The molecule has 0 aliphatic rings. The lowest BCUT2D eigenvalue weighted by molar-refractivity contribution is 0.0535. The van der Waals surface area contributed by atoms with Crippen molar-refractivity contribution in [1.82, 2.24) is 0 Å². The van der Waals surface area contributed by atoms with Gasteiger partial charge in [0.2, 0.25) is 5.78 Å². The van der Waals surface area contributed by atoms with E-state index < -0.39 is 22.5 Å². The summed E-state index contributed by atoms with van der Waals surface area (Å²) in [5, 5.41) is -3.99. The number of carbonyl (C=O) groups is 1. The van der Waals surface area contributed by atoms with Crippen LogP contribution in [0.5, 0.6) is 0 Å². The van der Waals surface area contributed by atoms with Gasteiger partial charge in [-0.15, -0.1) is 0 Å². The lowest BCUT2D eigenvalue weighted by Crippen LogP contribution is -2.22. The smallest absolute Gasteiger partial charge is 0.286 e. The molecule has 0 saturated carbocycles. The molecule has 0 fully saturated rings. The first kappa shape index (κ1) is 11.0. The Kier molecular flexibility index (Phi) is 2.85. The zero-order valence-electron chi connectivity index (χ0n) is 7.15. The first-order chi connectivity index (χ1) is 6.34. The summed E-state index contributed by atoms with van der Waals surface area (Å²) in [6.45, 7) is 1.24. The summed E-state index contributed by atoms with van der Waals surface area (Å²) >= 11 is 4.54. The lowest BCUT2D eigenvalue weighted by atomic mass is 10.0. The minimum Gasteiger partial charge on any atom is -0.286 e. The van der Waals surface area contributed by atoms with Gasteiger partial charge in [0.1, 0.15) is 5.82 Å². The first-order valence-electron chi connectivity index (χ1n) is 3.70. The normalized spacial score (nSPS) is 11.5. The molecular weight excluding hydrogens is 217 g/mol. The summed E-state index contributed by atoms with van der Waals surface area (Å²) < 4.78 is 37.7. The van der Waals surface area contributed by atoms with E-state index in [0.29, 0.717) is 0 Å². The summed E-state index contributed by atoms with van der Waals surface area (Å²) in [4.78, 5) is 11.0. The Labute approximate surface area is 83.5 Å². The second kappa shape index (κ2) is 3.61. The van der Waals surface area contributed by atoms with Crippen molar-refractivity contribution in [3.63, 3.8) is 0 Å². The number of carbonyl (C=O) groups excluding carboxylic acids is 1. The van der Waals surface area contributed by atoms with E-state index in [4.69, 9.17) is 0 Å². The minimum atomic E-state index is -3.99. The molecule has 0 N–H and O–H groups in total. The molecule has 0 amide bonds. The molecule has 0 aliphatic heterocycles. The number of benzene rings is 1. The molecule has 1 aromatic carbocycles. The van der Waals surface area contributed by atoms with Crippen LogP contribution in [0, 0.1) is 12.7 Å². The van der Waals surface area contributed by atoms with Gasteiger partial charge in [0, 0.05) is 5.56 Å². The summed E-state index contributed by atoms with van der Waals surface area (Å²) in [5.74, 6) is -2.30. The predicted molar refractivity (Wildman–Crippen MR) is 46.3 cm³/mol. The van der Waals surface area contributed by atoms with Gasteiger partial charge in [-0.3, -0.25) is 4.79 Å². The van der Waals surface area contributed by atoms with Crippen LogP contribution in [0.2, 0.25) is 0 Å². The quantitative estimate of drug-likeness (QED) is 0.555. The van der Waals surface area contributed by atoms with E-state index in [0.717, 1.165) is 12.1 Å². The number of rotatable bonds is 2. The van der Waals surface area contributed by atoms with Crippen LogP contribution in [0.25, 0.3) is 0 Å². The van der Waals surface area contributed by atoms with E-state index in [1.807, 2.05) is 0 Å². The maximum Gasteiger partial charge on any atom is 0.384 e. The Morgan fingerprint density at radius 2 is 2.00 bits per heavy atom. The highest BCUT2D eigenvalue weighted by molar-refractivity contribution is 6.35. The minimum absolute atomic E-state index is 0.127. The van der Waals surface area contributed by atoms with Crippen molar-refractivity contribution in [3.8, 4) is 0 Å². The van der Waals surface area contributed by atoms with Gasteiger partial charge in [-0.2, -0.15) is 8.78 Å². The van der Waals surface area contributed by atoms with Crippen LogP contribution in [-0.2, 0) is 0 Å². The van der Waals surface area contributed by atoms with Gasteiger partial charge in [0.05, 0.1) is 0 Å². The number of Topliss-reactive ketones (excluding diaryl/α,β-unsaturated/α-hetero) is 1. The largest absolute Gasteiger partial charge is 0.384 e. The van der Waals surface area contributed by atoms with Crippen molar-refractivity contribution in [3.05, 3.63) is 35.1 Å². The lowest BCUT2D eigenvalue weighted by Gasteiger charge is -2.09. The van der Waals surface area contributed by atoms with E-state index in [2.05, 4.69) is 11.6 Å². The fourth-order valence-electron chi connectivity index (χ4n) is 1.01. The number of hydrogen-bond donors (Lipinski definition) is 0. The second-order valence-corrected chi connectivity index (χ2v) is 3.21. The van der Waals surface area contributed by atoms with E-state index in [1.165, 1.54) is 13.0 Å². The maximum absolute atomic E-state index is 12.9. The monoisotopic (exact) mass is 222 g/mol. The van der Waals surface area contributed by atoms with Crippen molar-refractivity contribution < 1.29 is 18.0 Å². The van der Waals surface area contributed by atoms with Gasteiger partial charge >= 0.3 is 5.38 Å². The van der Waals surface area contributed by atoms with E-state index in [-0.39, 0.29) is 5.56 Å². The third-order valence-corrected chi connectivity index (χ3v) is 1.94. The summed E-state index contributed by atoms with van der Waals surface area (Å²) in [6.07, 6.45) is 0. The van der Waals surface area contributed by atoms with Gasteiger partial charge < -0.3 is 0 Å². The molecule has 14 heavy (non-hydrogen) atoms. The van der Waals surface area contributed by atoms with E-state index in [9.17, 15) is 18.0 Å². The number of hydrogen-bond acceptors (Lipinski definition) is 1. The molecule has 0 radical (unpaired) electrons. The zero-order chi connectivity index (χ0) is 10.9. The number of alkyl halides is 3. The molecule has 0 aromatic heterocycles. The summed E-state index contributed by atoms with van der Waals surface area (Å²) in [6, 6.07) is 3.37. The second-order valence-electron chi connectivity index (χ2n) is 2.74. The maximum atomic E-state index is 12.9. The Bertz CT molecular complexity index is 371. The molecule has 0 spiro atoms. The van der Waals surface area contributed by atoms with Crippen LogP contribution in [0.15, 0.2) is 18.2 Å². The molecule has 0 saturated heterocycles. The van der Waals surface area contributed by atoms with E-state index in [1.54, 1.807) is 0 Å². The first-order valence-corrected chi connectivity index (χ1v) is 4.08. The molecule has 1 aromatic rings. The van der Waals surface area contributed by atoms with E-state index >= 15 is 0 Å². The molecule has 1 rings (SSSR count). The average molecular weight is 223 g/mol. The van der Waals surface area contributed by atoms with Crippen LogP contribution in [-0.4, -0.2) is 11.2 Å². The number of ketones is 1. The zero-order valence-corrected chi connectivity index (χ0v) is 7.91. The molecule has 0 bridgehead atoms. The summed E-state index contributed by atoms with van der Waals surface area (Å²) in [7, 11) is 0. The summed E-state index contributed by atoms with van der Waals surface area (Å²) in [5.41, 5.74) is -0.525. The Hall–Kier alpha value is -1.03. The molecule has 0 atom stereocenters. The van der Waals surface area contributed by atoms with Crippen molar-refractivity contribution in [2.45, 2.75) is 12.3 Å². The Morgan fingerprint density at radius 3 is 2.50 bits per heavy atom. The van der Waals surface area contributed by atoms with Crippen LogP contribution in [0.4, 0.5) is 13.2 Å². The van der Waals surface area contributed by atoms with Crippen molar-refractivity contribution >= 4 is 17.4 Å². The van der Waals surface area contributed by atoms with Crippen LogP contribution < -0.4 is 0 Å². The van der Waals surface area contributed by atoms with Crippen molar-refractivity contribution in [2.75, 3.05) is 0 Å². The molecule has 0 aliphatic carbocycles. The third-order valence-electron chi connectivity index (χ3n) is 1.77. The third kappa shape index (κ3) is 2.07. The molecule has 0 unspecified atom stereocenters. The van der Waals surface area contributed by atoms with Gasteiger partial charge in [0.25, 0.3) is 0 Å². The van der Waals surface area contributed by atoms with Crippen molar-refractivity contribution in [2.24, 2.45) is 0 Å². The fraction of sp³-hybridized carbons (Fsp3) is 0.222. The van der Waals surface area contributed by atoms with Crippen molar-refractivity contribution in [1.29, 1.82) is 0 Å². The van der Waals surface area contributed by atoms with Crippen LogP contribution in [0.1, 0.15) is 15.9 Å². The molecular formula is C9H6ClF3O. The van der Waals surface area contributed by atoms with Gasteiger partial charge in [-0.05, 0) is 30.2 Å². The molecule has 76 valence electrons. The highest BCUT2D eigenvalue weighted by atomic mass is 35.5. The molecule has 0 heterocycles. The predicted octanol–water partition coefficient (Wildman–Crippen LogP) is 3.15. The Balaban J connectivity index is 3.21. The Morgan fingerprint density at radius 1 is 1.43 bits per heavy atom. The van der Waals surface area contributed by atoms with Gasteiger partial charge in [-0.25, -0.2) is 4.39 Å². The number of halogens is 4.